The lowest BCUT2D eigenvalue weighted by molar-refractivity contribution is 0.102. The number of carbonyl (C=O) groups excluding carboxylic acids is 1. The molecule has 1 atom stereocenters. The van der Waals surface area contributed by atoms with Crippen LogP contribution < -0.4 is 10.1 Å². The molecule has 1 fully saturated rings. The van der Waals surface area contributed by atoms with Crippen LogP contribution in [0.1, 0.15) is 26.3 Å². The van der Waals surface area contributed by atoms with Crippen molar-refractivity contribution in [3.8, 4) is 5.75 Å². The molecule has 10 heteroatoms. The first-order chi connectivity index (χ1) is 17.5. The third-order valence-corrected chi connectivity index (χ3v) is 11.7. The number of nitrogens with one attached hydrogen (secondary N) is 1. The molecule has 8 nitrogen and oxygen atoms in total. The summed E-state index contributed by atoms with van der Waals surface area (Å²) >= 11 is 6.25. The maximum atomic E-state index is 12.4. The number of fused-ring (bicyclic) bond motifs is 1. The van der Waals surface area contributed by atoms with Crippen LogP contribution in [0.3, 0.4) is 0 Å². The molecule has 1 N–H and O–H groups in total. The molecule has 3 aromatic rings. The quantitative estimate of drug-likeness (QED) is 0.244. The zero-order valence-corrected chi connectivity index (χ0v) is 23.8. The molecule has 0 spiro atoms. The highest BCUT2D eigenvalue weighted by Gasteiger charge is 2.38. The van der Waals surface area contributed by atoms with Gasteiger partial charge in [0.25, 0.3) is 0 Å². The summed E-state index contributed by atoms with van der Waals surface area (Å²) in [6.45, 7) is 13.2. The number of rotatable bonds is 10. The van der Waals surface area contributed by atoms with E-state index in [4.69, 9.17) is 25.5 Å². The van der Waals surface area contributed by atoms with E-state index in [2.05, 4.69) is 49.1 Å². The maximum absolute atomic E-state index is 12.4. The molecular weight excluding hydrogens is 508 g/mol. The van der Waals surface area contributed by atoms with E-state index in [1.165, 1.54) is 0 Å². The summed E-state index contributed by atoms with van der Waals surface area (Å²) in [5.41, 5.74) is 1.72. The smallest absolute Gasteiger partial charge is 0.410 e. The van der Waals surface area contributed by atoms with E-state index in [0.29, 0.717) is 43.3 Å². The highest BCUT2D eigenvalue weighted by Crippen LogP contribution is 2.36. The Balaban J connectivity index is 1.37. The first kappa shape index (κ1) is 27.2. The molecule has 198 valence electrons. The Labute approximate surface area is 224 Å². The van der Waals surface area contributed by atoms with Crippen molar-refractivity contribution in [2.75, 3.05) is 31.6 Å². The minimum absolute atomic E-state index is 0.122. The number of cyclic esters (lactones) is 1. The van der Waals surface area contributed by atoms with Crippen molar-refractivity contribution in [1.29, 1.82) is 0 Å². The fraction of sp³-hybridized carbons (Fsp3) is 0.444. The fourth-order valence-corrected chi connectivity index (χ4v) is 4.99. The van der Waals surface area contributed by atoms with E-state index in [1.54, 1.807) is 4.90 Å². The van der Waals surface area contributed by atoms with Crippen molar-refractivity contribution in [1.82, 2.24) is 14.9 Å². The van der Waals surface area contributed by atoms with Gasteiger partial charge in [-0.2, -0.15) is 0 Å². The number of benzene rings is 2. The molecule has 2 aromatic carbocycles. The molecule has 0 aliphatic carbocycles. The Kier molecular flexibility index (Phi) is 8.25. The average Bonchev–Trinajstić information content (AvgIpc) is 3.20. The highest BCUT2D eigenvalue weighted by molar-refractivity contribution is 6.74. The molecule has 0 saturated carbocycles. The van der Waals surface area contributed by atoms with Crippen LogP contribution >= 0.6 is 11.6 Å². The minimum atomic E-state index is -1.87. The molecule has 1 amide bonds. The zero-order chi connectivity index (χ0) is 26.6. The van der Waals surface area contributed by atoms with E-state index >= 15 is 0 Å². The van der Waals surface area contributed by atoms with Gasteiger partial charge in [-0.1, -0.05) is 57.2 Å². The monoisotopic (exact) mass is 542 g/mol. The van der Waals surface area contributed by atoms with E-state index in [0.717, 1.165) is 10.9 Å². The highest BCUT2D eigenvalue weighted by atomic mass is 35.5. The molecule has 0 radical (unpaired) electrons. The number of hydrogen-bond donors (Lipinski definition) is 1. The van der Waals surface area contributed by atoms with Crippen molar-refractivity contribution in [3.63, 3.8) is 0 Å². The Morgan fingerprint density at radius 1 is 1.14 bits per heavy atom. The van der Waals surface area contributed by atoms with Gasteiger partial charge in [-0.3, -0.25) is 0 Å². The molecule has 1 unspecified atom stereocenters. The van der Waals surface area contributed by atoms with Gasteiger partial charge in [0.05, 0.1) is 13.2 Å². The third kappa shape index (κ3) is 6.71. The molecule has 2 heterocycles. The number of nitrogens with zero attached hydrogens (tertiary/aromatic N) is 3. The van der Waals surface area contributed by atoms with E-state index in [-0.39, 0.29) is 29.1 Å². The lowest BCUT2D eigenvalue weighted by Gasteiger charge is -2.36. The first-order valence-electron chi connectivity index (χ1n) is 12.5. The minimum Gasteiger partial charge on any atom is -0.487 e. The summed E-state index contributed by atoms with van der Waals surface area (Å²) in [7, 11) is -1.87. The van der Waals surface area contributed by atoms with Gasteiger partial charge >= 0.3 is 6.09 Å². The van der Waals surface area contributed by atoms with Crippen LogP contribution in [0.4, 0.5) is 10.6 Å². The molecule has 37 heavy (non-hydrogen) atoms. The number of amides is 1. The summed E-state index contributed by atoms with van der Waals surface area (Å²) in [4.78, 5) is 22.9. The van der Waals surface area contributed by atoms with Crippen molar-refractivity contribution >= 4 is 42.7 Å². The van der Waals surface area contributed by atoms with Crippen molar-refractivity contribution in [3.05, 3.63) is 59.4 Å². The van der Waals surface area contributed by atoms with Gasteiger partial charge in [-0.15, -0.1) is 0 Å². The Hall–Kier alpha value is -2.88. The van der Waals surface area contributed by atoms with Crippen LogP contribution in [0.2, 0.25) is 23.4 Å². The number of carbonyl (C=O) groups is 1. The Morgan fingerprint density at radius 2 is 1.89 bits per heavy atom. The predicted molar refractivity (Wildman–Crippen MR) is 149 cm³/mol. The predicted octanol–water partition coefficient (Wildman–Crippen LogP) is 6.12. The number of para-hydroxylation sites is 1. The van der Waals surface area contributed by atoms with Crippen molar-refractivity contribution in [2.45, 2.75) is 51.6 Å². The first-order valence-corrected chi connectivity index (χ1v) is 15.8. The summed E-state index contributed by atoms with van der Waals surface area (Å²) in [5.74, 6) is 1.19. The number of hydrogen-bond acceptors (Lipinski definition) is 7. The van der Waals surface area contributed by atoms with Crippen LogP contribution in [0.25, 0.3) is 10.9 Å². The van der Waals surface area contributed by atoms with Gasteiger partial charge in [-0.25, -0.2) is 14.8 Å². The summed E-state index contributed by atoms with van der Waals surface area (Å²) in [5, 5.41) is 4.39. The van der Waals surface area contributed by atoms with Gasteiger partial charge in [0, 0.05) is 18.5 Å². The molecule has 4 rings (SSSR count). The molecule has 0 bridgehead atoms. The van der Waals surface area contributed by atoms with E-state index in [1.807, 2.05) is 48.5 Å². The molecule has 1 aliphatic rings. The molecule has 1 aliphatic heterocycles. The van der Waals surface area contributed by atoms with E-state index in [9.17, 15) is 4.79 Å². The number of halogens is 1. The van der Waals surface area contributed by atoms with Crippen LogP contribution in [-0.2, 0) is 15.7 Å². The van der Waals surface area contributed by atoms with Gasteiger partial charge in [0.2, 0.25) is 5.28 Å². The van der Waals surface area contributed by atoms with Gasteiger partial charge in [0.15, 0.2) is 14.4 Å². The topological polar surface area (TPSA) is 85.8 Å². The van der Waals surface area contributed by atoms with Gasteiger partial charge < -0.3 is 24.1 Å². The lowest BCUT2D eigenvalue weighted by Crippen LogP contribution is -2.43. The number of anilines is 1. The molecule has 1 aromatic heterocycles. The SMILES string of the molecule is CC(C)(C)[Si](C)(C)OCCN1CC(COc2cccc3c(NCc4ccccc4)nc(Cl)nc23)OC1=O. The molecular formula is C27H35ClN4O4Si. The number of ether oxygens (including phenoxy) is 2. The average molecular weight is 543 g/mol. The summed E-state index contributed by atoms with van der Waals surface area (Å²) in [6.07, 6.45) is -0.730. The van der Waals surface area contributed by atoms with Crippen LogP contribution in [0.15, 0.2) is 48.5 Å². The Morgan fingerprint density at radius 3 is 2.62 bits per heavy atom. The summed E-state index contributed by atoms with van der Waals surface area (Å²) < 4.78 is 17.8. The van der Waals surface area contributed by atoms with Crippen molar-refractivity contribution < 1.29 is 18.7 Å². The Bertz CT molecular complexity index is 1240. The molecule has 1 saturated heterocycles. The number of aromatic nitrogens is 2. The standard InChI is InChI=1S/C27H35ClN4O4Si/c1-27(2,3)37(4,5)35-15-14-32-17-20(36-26(32)33)18-34-22-13-9-12-21-23(22)30-25(28)31-24(21)29-16-19-10-7-6-8-11-19/h6-13,20H,14-18H2,1-5H3,(H,29,30,31). The second kappa shape index (κ2) is 11.2. The fourth-order valence-electron chi connectivity index (χ4n) is 3.79. The third-order valence-electron chi connectivity index (χ3n) is 6.97. The maximum Gasteiger partial charge on any atom is 0.410 e. The van der Waals surface area contributed by atoms with Crippen molar-refractivity contribution in [2.24, 2.45) is 0 Å². The van der Waals surface area contributed by atoms with Gasteiger partial charge in [0.1, 0.15) is 23.7 Å². The normalized spacial score (nSPS) is 16.2. The second-order valence-electron chi connectivity index (χ2n) is 10.7. The summed E-state index contributed by atoms with van der Waals surface area (Å²) in [6, 6.07) is 15.7. The lowest BCUT2D eigenvalue weighted by atomic mass is 10.2. The second-order valence-corrected chi connectivity index (χ2v) is 15.9. The van der Waals surface area contributed by atoms with Gasteiger partial charge in [-0.05, 0) is 47.4 Å². The van der Waals surface area contributed by atoms with Crippen LogP contribution in [0, 0.1) is 0 Å². The van der Waals surface area contributed by atoms with E-state index < -0.39 is 8.32 Å². The zero-order valence-electron chi connectivity index (χ0n) is 22.1. The largest absolute Gasteiger partial charge is 0.487 e. The van der Waals surface area contributed by atoms with Crippen LogP contribution in [-0.4, -0.2) is 61.7 Å². The van der Waals surface area contributed by atoms with Crippen LogP contribution in [0.5, 0.6) is 5.75 Å².